The molecule has 6 nitrogen and oxygen atoms in total. The predicted molar refractivity (Wildman–Crippen MR) is 89.7 cm³/mol. The lowest BCUT2D eigenvalue weighted by atomic mass is 10.2. The SMILES string of the molecule is CCOc1cc(C(=O)Nc2ccc(OCC#N)cc2)ccc1OC. The fourth-order valence-corrected chi connectivity index (χ4v) is 2.04. The second-order valence-corrected chi connectivity index (χ2v) is 4.72. The van der Waals surface area contributed by atoms with Crippen LogP contribution in [0.3, 0.4) is 0 Å². The van der Waals surface area contributed by atoms with Crippen molar-refractivity contribution in [1.82, 2.24) is 0 Å². The minimum absolute atomic E-state index is 0.0161. The van der Waals surface area contributed by atoms with Crippen molar-refractivity contribution in [2.24, 2.45) is 0 Å². The summed E-state index contributed by atoms with van der Waals surface area (Å²) in [6.07, 6.45) is 0. The Morgan fingerprint density at radius 2 is 1.88 bits per heavy atom. The standard InChI is InChI=1S/C18H18N2O4/c1-3-23-17-12-13(4-9-16(17)22-2)18(21)20-14-5-7-15(8-6-14)24-11-10-19/h4-9,12H,3,11H2,1-2H3,(H,20,21). The average Bonchev–Trinajstić information content (AvgIpc) is 2.61. The van der Waals surface area contributed by atoms with Gasteiger partial charge in [0.05, 0.1) is 13.7 Å². The third-order valence-corrected chi connectivity index (χ3v) is 3.14. The first-order valence-electron chi connectivity index (χ1n) is 7.40. The summed E-state index contributed by atoms with van der Waals surface area (Å²) in [4.78, 5) is 12.3. The summed E-state index contributed by atoms with van der Waals surface area (Å²) in [6, 6.07) is 13.7. The van der Waals surface area contributed by atoms with Gasteiger partial charge in [-0.3, -0.25) is 4.79 Å². The Labute approximate surface area is 140 Å². The second-order valence-electron chi connectivity index (χ2n) is 4.72. The molecule has 0 atom stereocenters. The van der Waals surface area contributed by atoms with Crippen LogP contribution in [0.2, 0.25) is 0 Å². The molecule has 0 heterocycles. The van der Waals surface area contributed by atoms with Crippen LogP contribution >= 0.6 is 0 Å². The molecule has 0 aliphatic heterocycles. The lowest BCUT2D eigenvalue weighted by Crippen LogP contribution is -2.12. The number of rotatable bonds is 7. The summed E-state index contributed by atoms with van der Waals surface area (Å²) in [6.45, 7) is 2.32. The van der Waals surface area contributed by atoms with Crippen molar-refractivity contribution >= 4 is 11.6 Å². The molecule has 2 rings (SSSR count). The summed E-state index contributed by atoms with van der Waals surface area (Å²) < 4.78 is 15.8. The molecule has 0 unspecified atom stereocenters. The van der Waals surface area contributed by atoms with Gasteiger partial charge in [-0.15, -0.1) is 0 Å². The lowest BCUT2D eigenvalue weighted by Gasteiger charge is -2.11. The highest BCUT2D eigenvalue weighted by molar-refractivity contribution is 6.04. The molecule has 6 heteroatoms. The van der Waals surface area contributed by atoms with Crippen LogP contribution in [0, 0.1) is 11.3 Å². The number of benzene rings is 2. The van der Waals surface area contributed by atoms with Crippen molar-refractivity contribution in [2.45, 2.75) is 6.92 Å². The van der Waals surface area contributed by atoms with E-state index in [0.717, 1.165) is 0 Å². The zero-order valence-electron chi connectivity index (χ0n) is 13.5. The van der Waals surface area contributed by atoms with Crippen LogP contribution in [0.4, 0.5) is 5.69 Å². The first kappa shape index (κ1) is 17.2. The van der Waals surface area contributed by atoms with E-state index in [1.165, 1.54) is 0 Å². The van der Waals surface area contributed by atoms with Crippen LogP contribution in [0.1, 0.15) is 17.3 Å². The quantitative estimate of drug-likeness (QED) is 0.845. The number of nitriles is 1. The van der Waals surface area contributed by atoms with E-state index in [-0.39, 0.29) is 12.5 Å². The summed E-state index contributed by atoms with van der Waals surface area (Å²) in [5.41, 5.74) is 1.09. The van der Waals surface area contributed by atoms with E-state index >= 15 is 0 Å². The zero-order chi connectivity index (χ0) is 17.4. The van der Waals surface area contributed by atoms with E-state index in [0.29, 0.717) is 35.1 Å². The molecule has 1 amide bonds. The molecule has 2 aromatic rings. The molecule has 0 bridgehead atoms. The van der Waals surface area contributed by atoms with Gasteiger partial charge in [0.2, 0.25) is 0 Å². The van der Waals surface area contributed by atoms with Gasteiger partial charge in [0, 0.05) is 11.3 Å². The Hall–Kier alpha value is -3.20. The van der Waals surface area contributed by atoms with Crippen LogP contribution in [-0.4, -0.2) is 26.2 Å². The van der Waals surface area contributed by atoms with E-state index in [2.05, 4.69) is 5.32 Å². The van der Waals surface area contributed by atoms with Gasteiger partial charge >= 0.3 is 0 Å². The first-order chi connectivity index (χ1) is 11.7. The smallest absolute Gasteiger partial charge is 0.255 e. The van der Waals surface area contributed by atoms with Crippen LogP contribution in [0.5, 0.6) is 17.2 Å². The van der Waals surface area contributed by atoms with E-state index in [1.54, 1.807) is 49.6 Å². The predicted octanol–water partition coefficient (Wildman–Crippen LogP) is 3.25. The van der Waals surface area contributed by atoms with E-state index in [9.17, 15) is 4.79 Å². The van der Waals surface area contributed by atoms with Crippen LogP contribution < -0.4 is 19.5 Å². The largest absolute Gasteiger partial charge is 0.493 e. The highest BCUT2D eigenvalue weighted by Gasteiger charge is 2.11. The van der Waals surface area contributed by atoms with Crippen molar-refractivity contribution in [3.05, 3.63) is 48.0 Å². The maximum atomic E-state index is 12.3. The minimum Gasteiger partial charge on any atom is -0.493 e. The van der Waals surface area contributed by atoms with Gasteiger partial charge in [-0.1, -0.05) is 0 Å². The molecule has 0 saturated heterocycles. The molecule has 0 aromatic heterocycles. The summed E-state index contributed by atoms with van der Waals surface area (Å²) >= 11 is 0. The molecule has 0 radical (unpaired) electrons. The van der Waals surface area contributed by atoms with Gasteiger partial charge in [0.15, 0.2) is 18.1 Å². The van der Waals surface area contributed by atoms with Gasteiger partial charge in [-0.05, 0) is 49.4 Å². The Kier molecular flexibility index (Phi) is 6.03. The van der Waals surface area contributed by atoms with E-state index in [1.807, 2.05) is 13.0 Å². The molecule has 0 saturated carbocycles. The van der Waals surface area contributed by atoms with Gasteiger partial charge in [0.25, 0.3) is 5.91 Å². The van der Waals surface area contributed by atoms with Crippen molar-refractivity contribution in [2.75, 3.05) is 25.6 Å². The topological polar surface area (TPSA) is 80.6 Å². The Balaban J connectivity index is 2.09. The third kappa shape index (κ3) is 4.40. The maximum absolute atomic E-state index is 12.3. The second kappa shape index (κ2) is 8.44. The van der Waals surface area contributed by atoms with Crippen molar-refractivity contribution in [1.29, 1.82) is 5.26 Å². The van der Waals surface area contributed by atoms with Crippen LogP contribution in [0.15, 0.2) is 42.5 Å². The normalized spacial score (nSPS) is 9.71. The number of anilines is 1. The van der Waals surface area contributed by atoms with Crippen molar-refractivity contribution in [3.8, 4) is 23.3 Å². The van der Waals surface area contributed by atoms with Crippen molar-refractivity contribution in [3.63, 3.8) is 0 Å². The van der Waals surface area contributed by atoms with Gasteiger partial charge in [-0.25, -0.2) is 0 Å². The van der Waals surface area contributed by atoms with Gasteiger partial charge in [-0.2, -0.15) is 5.26 Å². The first-order valence-corrected chi connectivity index (χ1v) is 7.40. The molecule has 2 aromatic carbocycles. The molecule has 0 fully saturated rings. The van der Waals surface area contributed by atoms with Crippen LogP contribution in [0.25, 0.3) is 0 Å². The molecular formula is C18H18N2O4. The maximum Gasteiger partial charge on any atom is 0.255 e. The van der Waals surface area contributed by atoms with Crippen molar-refractivity contribution < 1.29 is 19.0 Å². The average molecular weight is 326 g/mol. The Bertz CT molecular complexity index is 736. The number of methoxy groups -OCH3 is 1. The van der Waals surface area contributed by atoms with Gasteiger partial charge < -0.3 is 19.5 Å². The fraction of sp³-hybridized carbons (Fsp3) is 0.222. The van der Waals surface area contributed by atoms with E-state index < -0.39 is 0 Å². The number of hydrogen-bond acceptors (Lipinski definition) is 5. The molecule has 1 N–H and O–H groups in total. The van der Waals surface area contributed by atoms with Crippen LogP contribution in [-0.2, 0) is 0 Å². The number of hydrogen-bond donors (Lipinski definition) is 1. The number of amides is 1. The monoisotopic (exact) mass is 326 g/mol. The third-order valence-electron chi connectivity index (χ3n) is 3.14. The fourth-order valence-electron chi connectivity index (χ4n) is 2.04. The molecular weight excluding hydrogens is 308 g/mol. The molecule has 0 spiro atoms. The summed E-state index contributed by atoms with van der Waals surface area (Å²) in [5, 5.41) is 11.3. The minimum atomic E-state index is -0.260. The number of nitrogens with one attached hydrogen (secondary N) is 1. The Morgan fingerprint density at radius 1 is 1.12 bits per heavy atom. The number of nitrogens with zero attached hydrogens (tertiary/aromatic N) is 1. The summed E-state index contributed by atoms with van der Waals surface area (Å²) in [5.74, 6) is 1.40. The number of ether oxygens (including phenoxy) is 3. The molecule has 0 aliphatic carbocycles. The molecule has 0 aliphatic rings. The highest BCUT2D eigenvalue weighted by atomic mass is 16.5. The molecule has 124 valence electrons. The number of carbonyl (C=O) groups is 1. The Morgan fingerprint density at radius 3 is 2.50 bits per heavy atom. The lowest BCUT2D eigenvalue weighted by molar-refractivity contribution is 0.102. The summed E-state index contributed by atoms with van der Waals surface area (Å²) in [7, 11) is 1.55. The highest BCUT2D eigenvalue weighted by Crippen LogP contribution is 2.28. The van der Waals surface area contributed by atoms with E-state index in [4.69, 9.17) is 19.5 Å². The van der Waals surface area contributed by atoms with Gasteiger partial charge in [0.1, 0.15) is 11.8 Å². The number of carbonyl (C=O) groups excluding carboxylic acids is 1. The molecule has 24 heavy (non-hydrogen) atoms. The zero-order valence-corrected chi connectivity index (χ0v) is 13.5.